The topological polar surface area (TPSA) is 81.5 Å². The van der Waals surface area contributed by atoms with Crippen LogP contribution in [0.2, 0.25) is 0 Å². The number of carbonyl (C=O) groups is 2. The fourth-order valence-electron chi connectivity index (χ4n) is 4.25. The summed E-state index contributed by atoms with van der Waals surface area (Å²) in [5.74, 6) is -0.371. The van der Waals surface area contributed by atoms with Crippen molar-refractivity contribution in [2.75, 3.05) is 25.4 Å². The Hall–Kier alpha value is -3.20. The molecule has 1 aliphatic rings. The highest BCUT2D eigenvalue weighted by atomic mass is 32.2. The Balaban J connectivity index is 1.44. The number of esters is 1. The molecule has 1 saturated heterocycles. The number of halogens is 1. The molecule has 7 nitrogen and oxygen atoms in total. The molecule has 0 saturated carbocycles. The number of piperidine rings is 1. The van der Waals surface area contributed by atoms with E-state index in [0.717, 1.165) is 12.8 Å². The first-order valence-electron chi connectivity index (χ1n) is 11.8. The van der Waals surface area contributed by atoms with Gasteiger partial charge in [-0.3, -0.25) is 19.0 Å². The van der Waals surface area contributed by atoms with Crippen molar-refractivity contribution in [2.24, 2.45) is 5.92 Å². The van der Waals surface area contributed by atoms with Crippen LogP contribution in [-0.4, -0.2) is 51.8 Å². The zero-order valence-electron chi connectivity index (χ0n) is 19.6. The van der Waals surface area contributed by atoms with Gasteiger partial charge >= 0.3 is 5.97 Å². The van der Waals surface area contributed by atoms with Gasteiger partial charge < -0.3 is 9.64 Å². The number of hydrogen-bond donors (Lipinski definition) is 0. The summed E-state index contributed by atoms with van der Waals surface area (Å²) >= 11 is 1.36. The van der Waals surface area contributed by atoms with E-state index in [4.69, 9.17) is 4.74 Å². The van der Waals surface area contributed by atoms with Gasteiger partial charge in [-0.1, -0.05) is 30.0 Å². The predicted molar refractivity (Wildman–Crippen MR) is 133 cm³/mol. The molecule has 1 aromatic heterocycles. The molecule has 9 heteroatoms. The van der Waals surface area contributed by atoms with Gasteiger partial charge in [0, 0.05) is 25.3 Å². The first-order chi connectivity index (χ1) is 17.0. The summed E-state index contributed by atoms with van der Waals surface area (Å²) in [5, 5.41) is 0.907. The third-order valence-electron chi connectivity index (χ3n) is 5.97. The molecular formula is C26H28FN3O4S. The summed E-state index contributed by atoms with van der Waals surface area (Å²) in [6.07, 6.45) is 2.44. The van der Waals surface area contributed by atoms with Crippen molar-refractivity contribution in [3.05, 3.63) is 64.7 Å². The van der Waals surface area contributed by atoms with Crippen molar-refractivity contribution in [3.8, 4) is 5.69 Å². The van der Waals surface area contributed by atoms with Gasteiger partial charge in [-0.15, -0.1) is 0 Å². The maximum absolute atomic E-state index is 13.9. The summed E-state index contributed by atoms with van der Waals surface area (Å²) in [7, 11) is 0. The molecule has 0 bridgehead atoms. The van der Waals surface area contributed by atoms with Crippen LogP contribution in [0.15, 0.2) is 58.5 Å². The zero-order valence-corrected chi connectivity index (χ0v) is 20.4. The maximum Gasteiger partial charge on any atom is 0.310 e. The molecule has 0 radical (unpaired) electrons. The van der Waals surface area contributed by atoms with Crippen LogP contribution in [0.3, 0.4) is 0 Å². The lowest BCUT2D eigenvalue weighted by molar-refractivity contribution is -0.151. The summed E-state index contributed by atoms with van der Waals surface area (Å²) in [4.78, 5) is 44.4. The van der Waals surface area contributed by atoms with Crippen molar-refractivity contribution in [1.82, 2.24) is 14.5 Å². The normalized spacial score (nSPS) is 15.8. The molecule has 4 rings (SSSR count). The first kappa shape index (κ1) is 24.9. The van der Waals surface area contributed by atoms with Gasteiger partial charge in [0.15, 0.2) is 5.16 Å². The van der Waals surface area contributed by atoms with Gasteiger partial charge in [0.2, 0.25) is 5.91 Å². The van der Waals surface area contributed by atoms with Gasteiger partial charge in [-0.05, 0) is 56.5 Å². The van der Waals surface area contributed by atoms with Crippen LogP contribution in [0.5, 0.6) is 0 Å². The van der Waals surface area contributed by atoms with E-state index in [1.165, 1.54) is 28.5 Å². The molecule has 0 N–H and O–H groups in total. The number of carbonyl (C=O) groups excluding carboxylic acids is 2. The lowest BCUT2D eigenvalue weighted by atomic mass is 9.98. The smallest absolute Gasteiger partial charge is 0.310 e. The molecule has 184 valence electrons. The van der Waals surface area contributed by atoms with E-state index in [-0.39, 0.29) is 23.4 Å². The predicted octanol–water partition coefficient (Wildman–Crippen LogP) is 4.20. The van der Waals surface area contributed by atoms with E-state index in [9.17, 15) is 18.8 Å². The minimum atomic E-state index is -0.438. The Morgan fingerprint density at radius 2 is 2.03 bits per heavy atom. The number of ether oxygens (including phenoxy) is 1. The van der Waals surface area contributed by atoms with Crippen molar-refractivity contribution < 1.29 is 18.7 Å². The van der Waals surface area contributed by atoms with Crippen LogP contribution >= 0.6 is 11.8 Å². The molecule has 0 aliphatic carbocycles. The van der Waals surface area contributed by atoms with E-state index >= 15 is 0 Å². The van der Waals surface area contributed by atoms with Crippen LogP contribution in [0.25, 0.3) is 16.6 Å². The van der Waals surface area contributed by atoms with Crippen LogP contribution < -0.4 is 5.56 Å². The molecule has 1 unspecified atom stereocenters. The molecule has 2 aromatic carbocycles. The number of aromatic nitrogens is 2. The molecule has 0 spiro atoms. The second-order valence-electron chi connectivity index (χ2n) is 8.41. The van der Waals surface area contributed by atoms with Crippen LogP contribution in [0, 0.1) is 11.7 Å². The number of hydrogen-bond acceptors (Lipinski definition) is 6. The Labute approximate surface area is 207 Å². The second kappa shape index (κ2) is 11.5. The third kappa shape index (κ3) is 5.90. The van der Waals surface area contributed by atoms with Crippen molar-refractivity contribution >= 4 is 34.5 Å². The molecular weight excluding hydrogens is 469 g/mol. The number of amides is 1. The minimum Gasteiger partial charge on any atom is -0.466 e. The fourth-order valence-corrected chi connectivity index (χ4v) is 5.20. The van der Waals surface area contributed by atoms with Crippen molar-refractivity contribution in [3.63, 3.8) is 0 Å². The highest BCUT2D eigenvalue weighted by Crippen LogP contribution is 2.24. The summed E-state index contributed by atoms with van der Waals surface area (Å²) in [6.45, 7) is 3.16. The average molecular weight is 498 g/mol. The van der Waals surface area contributed by atoms with E-state index in [0.29, 0.717) is 60.0 Å². The van der Waals surface area contributed by atoms with Crippen molar-refractivity contribution in [2.45, 2.75) is 37.8 Å². The van der Waals surface area contributed by atoms with Gasteiger partial charge in [0.1, 0.15) is 5.82 Å². The lowest BCUT2D eigenvalue weighted by Gasteiger charge is -2.31. The molecule has 3 aromatic rings. The number of para-hydroxylation sites is 1. The fraction of sp³-hybridized carbons (Fsp3) is 0.385. The van der Waals surface area contributed by atoms with Crippen LogP contribution in [0.1, 0.15) is 32.6 Å². The molecule has 1 atom stereocenters. The Morgan fingerprint density at radius 3 is 2.83 bits per heavy atom. The monoisotopic (exact) mass is 497 g/mol. The Morgan fingerprint density at radius 1 is 1.20 bits per heavy atom. The van der Waals surface area contributed by atoms with E-state index in [1.54, 1.807) is 42.2 Å². The van der Waals surface area contributed by atoms with Gasteiger partial charge in [0.05, 0.1) is 29.1 Å². The lowest BCUT2D eigenvalue weighted by Crippen LogP contribution is -2.42. The number of nitrogens with zero attached hydrogens (tertiary/aromatic N) is 3. The number of benzene rings is 2. The summed E-state index contributed by atoms with van der Waals surface area (Å²) < 4.78 is 20.4. The Kier molecular flexibility index (Phi) is 8.17. The van der Waals surface area contributed by atoms with Crippen LogP contribution in [-0.2, 0) is 14.3 Å². The number of rotatable bonds is 8. The van der Waals surface area contributed by atoms with E-state index < -0.39 is 5.82 Å². The van der Waals surface area contributed by atoms with Gasteiger partial charge in [-0.2, -0.15) is 0 Å². The third-order valence-corrected chi connectivity index (χ3v) is 7.00. The standard InChI is InChI=1S/C26H28FN3O4S/c1-2-34-25(33)18-8-6-14-29(17-18)23(31)13-7-15-35-26-28-22-12-4-3-11-21(22)24(32)30(26)20-10-5-9-19(27)16-20/h3-5,9-12,16,18H,2,6-8,13-15,17H2,1H3. The number of thioether (sulfide) groups is 1. The quantitative estimate of drug-likeness (QED) is 0.201. The maximum atomic E-state index is 13.9. The van der Waals surface area contributed by atoms with Gasteiger partial charge in [0.25, 0.3) is 5.56 Å². The van der Waals surface area contributed by atoms with E-state index in [1.807, 2.05) is 6.07 Å². The highest BCUT2D eigenvalue weighted by molar-refractivity contribution is 7.99. The molecule has 1 amide bonds. The molecule has 35 heavy (non-hydrogen) atoms. The van der Waals surface area contributed by atoms with Crippen LogP contribution in [0.4, 0.5) is 4.39 Å². The highest BCUT2D eigenvalue weighted by Gasteiger charge is 2.29. The Bertz CT molecular complexity index is 1280. The number of fused-ring (bicyclic) bond motifs is 1. The van der Waals surface area contributed by atoms with E-state index in [2.05, 4.69) is 4.98 Å². The zero-order chi connectivity index (χ0) is 24.8. The summed E-state index contributed by atoms with van der Waals surface area (Å²) in [5.41, 5.74) is 0.713. The second-order valence-corrected chi connectivity index (χ2v) is 9.48. The SMILES string of the molecule is CCOC(=O)C1CCCN(C(=O)CCCSc2nc3ccccc3c(=O)n2-c2cccc(F)c2)C1. The average Bonchev–Trinajstić information content (AvgIpc) is 2.87. The largest absolute Gasteiger partial charge is 0.466 e. The minimum absolute atomic E-state index is 0.00795. The summed E-state index contributed by atoms with van der Waals surface area (Å²) in [6, 6.07) is 12.9. The molecule has 2 heterocycles. The van der Waals surface area contributed by atoms with Gasteiger partial charge in [-0.25, -0.2) is 9.37 Å². The number of likely N-dealkylation sites (tertiary alicyclic amines) is 1. The first-order valence-corrected chi connectivity index (χ1v) is 12.8. The molecule has 1 fully saturated rings. The molecule has 1 aliphatic heterocycles. The van der Waals surface area contributed by atoms with Crippen molar-refractivity contribution in [1.29, 1.82) is 0 Å².